The Morgan fingerprint density at radius 1 is 0.476 bits per heavy atom. The van der Waals surface area contributed by atoms with E-state index in [2.05, 4.69) is 229 Å². The van der Waals surface area contributed by atoms with E-state index in [4.69, 9.17) is 0 Å². The molecule has 2 aliphatic heterocycles. The molecule has 0 N–H and O–H groups in total. The lowest BCUT2D eigenvalue weighted by molar-refractivity contribution is 0.443. The molecule has 2 aliphatic carbocycles. The Labute approximate surface area is 372 Å². The molecule has 63 heavy (non-hydrogen) atoms. The van der Waals surface area contributed by atoms with Crippen LogP contribution in [0.15, 0.2) is 206 Å². The van der Waals surface area contributed by atoms with Crippen molar-refractivity contribution in [1.82, 2.24) is 0 Å². The summed E-state index contributed by atoms with van der Waals surface area (Å²) in [6, 6.07) is 74.6. The largest absolute Gasteiger partial charge is 0.310 e. The first-order chi connectivity index (χ1) is 31.0. The van der Waals surface area contributed by atoms with Gasteiger partial charge in [0.25, 0.3) is 0 Å². The highest BCUT2D eigenvalue weighted by Gasteiger charge is 2.51. The third kappa shape index (κ3) is 6.08. The Morgan fingerprint density at radius 2 is 1.05 bits per heavy atom. The number of para-hydroxylation sites is 3. The molecule has 0 radical (unpaired) electrons. The molecule has 306 valence electrons. The molecule has 1 saturated carbocycles. The van der Waals surface area contributed by atoms with Gasteiger partial charge in [-0.3, -0.25) is 0 Å². The van der Waals surface area contributed by atoms with Crippen LogP contribution in [0.25, 0.3) is 16.8 Å². The number of anilines is 8. The topological polar surface area (TPSA) is 9.72 Å². The molecule has 0 aromatic heterocycles. The summed E-state index contributed by atoms with van der Waals surface area (Å²) in [5, 5.41) is 0. The van der Waals surface area contributed by atoms with Crippen molar-refractivity contribution in [3.63, 3.8) is 0 Å². The van der Waals surface area contributed by atoms with Gasteiger partial charge in [-0.05, 0) is 125 Å². The minimum atomic E-state index is -0.218. The monoisotopic (exact) mass is 813 g/mol. The van der Waals surface area contributed by atoms with Crippen molar-refractivity contribution in [2.24, 2.45) is 0 Å². The number of hydrogen-bond donors (Lipinski definition) is 0. The molecule has 1 unspecified atom stereocenters. The van der Waals surface area contributed by atoms with E-state index >= 15 is 0 Å². The van der Waals surface area contributed by atoms with Crippen LogP contribution in [0.1, 0.15) is 85.6 Å². The van der Waals surface area contributed by atoms with Gasteiger partial charge in [0.1, 0.15) is 0 Å². The van der Waals surface area contributed by atoms with Gasteiger partial charge in [-0.25, -0.2) is 0 Å². The molecular formula is C60H51N3. The highest BCUT2D eigenvalue weighted by atomic mass is 15.2. The lowest BCUT2D eigenvalue weighted by atomic mass is 9.67. The van der Waals surface area contributed by atoms with Crippen molar-refractivity contribution in [3.8, 4) is 11.1 Å². The van der Waals surface area contributed by atoms with Gasteiger partial charge in [-0.2, -0.15) is 0 Å². The average molecular weight is 814 g/mol. The van der Waals surface area contributed by atoms with E-state index in [0.717, 1.165) is 22.7 Å². The molecule has 0 bridgehead atoms. The molecule has 0 saturated heterocycles. The van der Waals surface area contributed by atoms with Crippen molar-refractivity contribution in [3.05, 3.63) is 234 Å². The second-order valence-electron chi connectivity index (χ2n) is 18.3. The van der Waals surface area contributed by atoms with E-state index in [1.54, 1.807) is 0 Å². The molecule has 3 heteroatoms. The van der Waals surface area contributed by atoms with Crippen molar-refractivity contribution in [1.29, 1.82) is 0 Å². The lowest BCUT2D eigenvalue weighted by Crippen LogP contribution is -2.34. The van der Waals surface area contributed by atoms with Gasteiger partial charge in [-0.15, -0.1) is 0 Å². The van der Waals surface area contributed by atoms with Crippen LogP contribution in [-0.2, 0) is 5.41 Å². The number of nitrogens with zero attached hydrogens (tertiary/aromatic N) is 3. The first-order valence-electron chi connectivity index (χ1n) is 22.9. The first kappa shape index (κ1) is 37.6. The number of rotatable bonds is 7. The van der Waals surface area contributed by atoms with E-state index in [1.165, 1.54) is 105 Å². The van der Waals surface area contributed by atoms with Crippen molar-refractivity contribution >= 4 is 51.2 Å². The minimum absolute atomic E-state index is 0.0714. The van der Waals surface area contributed by atoms with Crippen LogP contribution in [0.4, 0.5) is 45.5 Å². The second-order valence-corrected chi connectivity index (χ2v) is 18.3. The normalized spacial score (nSPS) is 17.1. The fourth-order valence-electron chi connectivity index (χ4n) is 11.6. The summed E-state index contributed by atoms with van der Waals surface area (Å²) in [4.78, 5) is 7.66. The molecule has 0 spiro atoms. The third-order valence-corrected chi connectivity index (χ3v) is 14.4. The first-order valence-corrected chi connectivity index (χ1v) is 22.9. The Balaban J connectivity index is 1.14. The number of hydrogen-bond acceptors (Lipinski definition) is 3. The van der Waals surface area contributed by atoms with Crippen molar-refractivity contribution < 1.29 is 0 Å². The van der Waals surface area contributed by atoms with E-state index in [0.29, 0.717) is 5.92 Å². The standard InChI is InChI=1S/C60H51N3/c1-60(2)52-35-17-15-33-50(52)59-58(60)56-51-34-16-18-36-53(51)62(49-32-20-31-48(40-49)61(45-26-11-5-12-27-45)46-28-13-6-14-29-46)54-38-44(42-23-9-4-10-24-42)39-55(57(54)56)63(59)47-30-19-25-43(37-47)41-21-7-3-8-22-41/h3,5-8,11-22,25-40,42,56H,4,9-10,23-24H2,1-2H3. The van der Waals surface area contributed by atoms with Crippen LogP contribution in [0.5, 0.6) is 0 Å². The lowest BCUT2D eigenvalue weighted by Gasteiger charge is -2.47. The SMILES string of the molecule is CC1(C)C2=C(c3ccccc31)N(c1cccc(-c3ccccc3)c1)c1cc(C3CCCCC3)cc3c1C2c1ccccc1N3c1cccc(N(c2ccccc2)c2ccccc2)c1. The van der Waals surface area contributed by atoms with Crippen molar-refractivity contribution in [2.75, 3.05) is 14.7 Å². The Bertz CT molecular complexity index is 2990. The molecule has 8 aromatic carbocycles. The van der Waals surface area contributed by atoms with Gasteiger partial charge < -0.3 is 14.7 Å². The highest BCUT2D eigenvalue weighted by Crippen LogP contribution is 2.66. The highest BCUT2D eigenvalue weighted by molar-refractivity contribution is 6.04. The zero-order valence-electron chi connectivity index (χ0n) is 36.1. The second kappa shape index (κ2) is 15.1. The number of benzene rings is 8. The van der Waals surface area contributed by atoms with Gasteiger partial charge >= 0.3 is 0 Å². The maximum atomic E-state index is 2.67. The van der Waals surface area contributed by atoms with Crippen LogP contribution in [0, 0.1) is 0 Å². The predicted molar refractivity (Wildman–Crippen MR) is 264 cm³/mol. The molecule has 8 aromatic rings. The van der Waals surface area contributed by atoms with E-state index < -0.39 is 0 Å². The molecule has 12 rings (SSSR count). The maximum absolute atomic E-state index is 2.67. The fraction of sp³-hybridized carbons (Fsp3) is 0.167. The molecule has 0 amide bonds. The summed E-state index contributed by atoms with van der Waals surface area (Å²) in [7, 11) is 0. The molecular weight excluding hydrogens is 763 g/mol. The fourth-order valence-corrected chi connectivity index (χ4v) is 11.6. The van der Waals surface area contributed by atoms with Crippen LogP contribution >= 0.6 is 0 Å². The molecule has 1 fully saturated rings. The summed E-state index contributed by atoms with van der Waals surface area (Å²) in [6.45, 7) is 4.93. The summed E-state index contributed by atoms with van der Waals surface area (Å²) in [5.41, 5.74) is 21.6. The summed E-state index contributed by atoms with van der Waals surface area (Å²) < 4.78 is 0. The van der Waals surface area contributed by atoms with Crippen LogP contribution in [-0.4, -0.2) is 0 Å². The third-order valence-electron chi connectivity index (χ3n) is 14.4. The average Bonchev–Trinajstić information content (AvgIpc) is 3.58. The van der Waals surface area contributed by atoms with Crippen molar-refractivity contribution in [2.45, 2.75) is 63.2 Å². The van der Waals surface area contributed by atoms with E-state index in [9.17, 15) is 0 Å². The Hall–Kier alpha value is -7.10. The minimum Gasteiger partial charge on any atom is -0.310 e. The molecule has 2 heterocycles. The van der Waals surface area contributed by atoms with Gasteiger partial charge in [-0.1, -0.05) is 161 Å². The van der Waals surface area contributed by atoms with Gasteiger partial charge in [0.2, 0.25) is 0 Å². The molecule has 4 aliphatic rings. The van der Waals surface area contributed by atoms with Crippen LogP contribution in [0.3, 0.4) is 0 Å². The van der Waals surface area contributed by atoms with Gasteiger partial charge in [0.05, 0.1) is 22.8 Å². The smallest absolute Gasteiger partial charge is 0.0547 e. The zero-order valence-corrected chi connectivity index (χ0v) is 36.1. The summed E-state index contributed by atoms with van der Waals surface area (Å²) in [5.74, 6) is 0.582. The van der Waals surface area contributed by atoms with Crippen LogP contribution < -0.4 is 14.7 Å². The number of allylic oxidation sites excluding steroid dienone is 1. The summed E-state index contributed by atoms with van der Waals surface area (Å²) in [6.07, 6.45) is 6.34. The summed E-state index contributed by atoms with van der Waals surface area (Å²) >= 11 is 0. The molecule has 1 atom stereocenters. The van der Waals surface area contributed by atoms with E-state index in [1.807, 2.05) is 0 Å². The van der Waals surface area contributed by atoms with Gasteiger partial charge in [0, 0.05) is 50.9 Å². The Morgan fingerprint density at radius 3 is 1.78 bits per heavy atom. The van der Waals surface area contributed by atoms with Gasteiger partial charge in [0.15, 0.2) is 0 Å². The quantitative estimate of drug-likeness (QED) is 0.159. The van der Waals surface area contributed by atoms with Crippen LogP contribution in [0.2, 0.25) is 0 Å². The van der Waals surface area contributed by atoms with E-state index in [-0.39, 0.29) is 11.3 Å². The predicted octanol–water partition coefficient (Wildman–Crippen LogP) is 16.6. The zero-order chi connectivity index (χ0) is 42.1. The number of fused-ring (bicyclic) bond motifs is 5. The Kier molecular flexibility index (Phi) is 9.00. The maximum Gasteiger partial charge on any atom is 0.0547 e. The molecule has 3 nitrogen and oxygen atoms in total.